The number of carbonyl (C=O) groups excluding carboxylic acids is 1. The number of rotatable bonds is 6. The first-order valence-electron chi connectivity index (χ1n) is 11.8. The largest absolute Gasteiger partial charge is 0.495 e. The van der Waals surface area contributed by atoms with E-state index in [-0.39, 0.29) is 10.8 Å². The van der Waals surface area contributed by atoms with Gasteiger partial charge in [-0.15, -0.1) is 0 Å². The van der Waals surface area contributed by atoms with Crippen molar-refractivity contribution < 1.29 is 23.1 Å². The summed E-state index contributed by atoms with van der Waals surface area (Å²) >= 11 is 0. The zero-order valence-corrected chi connectivity index (χ0v) is 21.0. The highest BCUT2D eigenvalue weighted by Crippen LogP contribution is 2.36. The Morgan fingerprint density at radius 1 is 0.973 bits per heavy atom. The van der Waals surface area contributed by atoms with Crippen LogP contribution in [0.5, 0.6) is 5.75 Å². The van der Waals surface area contributed by atoms with E-state index in [1.165, 1.54) is 13.2 Å². The Bertz CT molecular complexity index is 1540. The van der Waals surface area contributed by atoms with Crippen LogP contribution in [0.1, 0.15) is 28.9 Å². The van der Waals surface area contributed by atoms with Gasteiger partial charge in [-0.05, 0) is 61.4 Å². The molecule has 5 rings (SSSR count). The number of ether oxygens (including phenoxy) is 1. The third-order valence-corrected chi connectivity index (χ3v) is 7.99. The molecule has 37 heavy (non-hydrogen) atoms. The summed E-state index contributed by atoms with van der Waals surface area (Å²) in [6.07, 6.45) is 3.81. The summed E-state index contributed by atoms with van der Waals surface area (Å²) < 4.78 is 34.0. The number of pyridine rings is 2. The van der Waals surface area contributed by atoms with Crippen LogP contribution in [-0.2, 0) is 15.6 Å². The van der Waals surface area contributed by atoms with Crippen molar-refractivity contribution in [1.82, 2.24) is 14.9 Å². The van der Waals surface area contributed by atoms with E-state index in [1.807, 2.05) is 0 Å². The number of nitrogens with one attached hydrogen (secondary N) is 1. The number of fused-ring (bicyclic) bond motifs is 1. The fourth-order valence-electron chi connectivity index (χ4n) is 4.59. The number of benzene rings is 2. The molecule has 0 bridgehead atoms. The maximum Gasteiger partial charge on any atom is 0.264 e. The number of nitrogens with zero attached hydrogens (tertiary/aromatic N) is 3. The molecule has 1 saturated heterocycles. The first-order chi connectivity index (χ1) is 17.8. The maximum absolute atomic E-state index is 13.1. The van der Waals surface area contributed by atoms with Crippen LogP contribution in [0.25, 0.3) is 10.9 Å². The topological polar surface area (TPSA) is 122 Å². The molecule has 1 aliphatic heterocycles. The number of likely N-dealkylation sites (tertiary alicyclic amines) is 1. The van der Waals surface area contributed by atoms with Gasteiger partial charge in [0.1, 0.15) is 21.9 Å². The number of sulfonamides is 1. The number of aromatic nitrogens is 2. The molecular weight excluding hydrogens is 492 g/mol. The molecule has 0 saturated carbocycles. The molecule has 1 fully saturated rings. The monoisotopic (exact) mass is 518 g/mol. The van der Waals surface area contributed by atoms with E-state index in [2.05, 4.69) is 14.7 Å². The average molecular weight is 519 g/mol. The van der Waals surface area contributed by atoms with E-state index in [9.17, 15) is 18.3 Å². The van der Waals surface area contributed by atoms with Crippen LogP contribution in [0.3, 0.4) is 0 Å². The second-order valence-corrected chi connectivity index (χ2v) is 10.5. The van der Waals surface area contributed by atoms with Gasteiger partial charge >= 0.3 is 0 Å². The molecule has 190 valence electrons. The highest BCUT2D eigenvalue weighted by molar-refractivity contribution is 7.93. The molecule has 1 amide bonds. The number of amides is 1. The summed E-state index contributed by atoms with van der Waals surface area (Å²) in [6.45, 7) is 0.690. The fourth-order valence-corrected chi connectivity index (χ4v) is 5.83. The Kier molecular flexibility index (Phi) is 6.53. The van der Waals surface area contributed by atoms with Crippen LogP contribution in [0.15, 0.2) is 84.0 Å². The summed E-state index contributed by atoms with van der Waals surface area (Å²) in [5, 5.41) is 11.9. The van der Waals surface area contributed by atoms with Crippen LogP contribution < -0.4 is 9.46 Å². The first kappa shape index (κ1) is 24.7. The minimum atomic E-state index is -3.89. The third-order valence-electron chi connectivity index (χ3n) is 6.58. The zero-order valence-electron chi connectivity index (χ0n) is 20.2. The quantitative estimate of drug-likeness (QED) is 0.400. The highest BCUT2D eigenvalue weighted by atomic mass is 32.2. The van der Waals surface area contributed by atoms with Gasteiger partial charge in [0, 0.05) is 42.1 Å². The van der Waals surface area contributed by atoms with Gasteiger partial charge in [0.25, 0.3) is 15.9 Å². The molecule has 0 unspecified atom stereocenters. The molecule has 2 aromatic heterocycles. The molecule has 3 heterocycles. The van der Waals surface area contributed by atoms with Gasteiger partial charge in [-0.1, -0.05) is 18.2 Å². The lowest BCUT2D eigenvalue weighted by atomic mass is 9.87. The number of hydrogen-bond acceptors (Lipinski definition) is 7. The molecule has 2 N–H and O–H groups in total. The van der Waals surface area contributed by atoms with Crippen molar-refractivity contribution in [2.45, 2.75) is 23.3 Å². The predicted molar refractivity (Wildman–Crippen MR) is 139 cm³/mol. The molecule has 1 aliphatic rings. The summed E-state index contributed by atoms with van der Waals surface area (Å²) in [5.41, 5.74) is 0.442. The molecule has 0 radical (unpaired) electrons. The smallest absolute Gasteiger partial charge is 0.264 e. The Labute approximate surface area is 214 Å². The predicted octanol–water partition coefficient (Wildman–Crippen LogP) is 3.56. The Hall–Kier alpha value is -4.02. The number of anilines is 1. The van der Waals surface area contributed by atoms with Crippen molar-refractivity contribution in [3.63, 3.8) is 0 Å². The van der Waals surface area contributed by atoms with Crippen LogP contribution in [0, 0.1) is 0 Å². The second-order valence-electron chi connectivity index (χ2n) is 8.89. The lowest BCUT2D eigenvalue weighted by Crippen LogP contribution is -2.45. The van der Waals surface area contributed by atoms with Gasteiger partial charge in [-0.3, -0.25) is 19.5 Å². The zero-order chi connectivity index (χ0) is 26.0. The van der Waals surface area contributed by atoms with Gasteiger partial charge in [0.05, 0.1) is 12.6 Å². The molecule has 0 spiro atoms. The minimum absolute atomic E-state index is 0.0797. The van der Waals surface area contributed by atoms with Crippen LogP contribution >= 0.6 is 0 Å². The van der Waals surface area contributed by atoms with Crippen LogP contribution in [0.2, 0.25) is 0 Å². The molecule has 9 nitrogen and oxygen atoms in total. The summed E-state index contributed by atoms with van der Waals surface area (Å²) in [6, 6.07) is 18.3. The number of hydrogen-bond donors (Lipinski definition) is 2. The molecule has 0 atom stereocenters. The lowest BCUT2D eigenvalue weighted by molar-refractivity contribution is -0.0260. The minimum Gasteiger partial charge on any atom is -0.495 e. The molecule has 0 aliphatic carbocycles. The van der Waals surface area contributed by atoms with Gasteiger partial charge in [0.2, 0.25) is 0 Å². The summed E-state index contributed by atoms with van der Waals surface area (Å²) in [7, 11) is -2.36. The van der Waals surface area contributed by atoms with Crippen molar-refractivity contribution >= 4 is 32.5 Å². The van der Waals surface area contributed by atoms with Crippen LogP contribution in [-0.4, -0.2) is 54.5 Å². The Morgan fingerprint density at radius 2 is 1.65 bits per heavy atom. The van der Waals surface area contributed by atoms with Crippen molar-refractivity contribution in [3.8, 4) is 5.75 Å². The number of carbonyl (C=O) groups is 1. The van der Waals surface area contributed by atoms with Crippen molar-refractivity contribution in [2.24, 2.45) is 0 Å². The summed E-state index contributed by atoms with van der Waals surface area (Å²) in [4.78, 5) is 23.4. The van der Waals surface area contributed by atoms with E-state index in [4.69, 9.17) is 4.74 Å². The summed E-state index contributed by atoms with van der Waals surface area (Å²) in [5.74, 6) is 0.324. The third kappa shape index (κ3) is 4.85. The van der Waals surface area contributed by atoms with Gasteiger partial charge in [0.15, 0.2) is 0 Å². The van der Waals surface area contributed by atoms with Crippen LogP contribution in [0.4, 0.5) is 5.69 Å². The van der Waals surface area contributed by atoms with Gasteiger partial charge < -0.3 is 14.7 Å². The number of piperidine rings is 1. The molecule has 4 aromatic rings. The van der Waals surface area contributed by atoms with Gasteiger partial charge in [-0.25, -0.2) is 8.42 Å². The van der Waals surface area contributed by atoms with E-state index in [0.29, 0.717) is 54.1 Å². The lowest BCUT2D eigenvalue weighted by Gasteiger charge is -2.38. The fraction of sp³-hybridized carbons (Fsp3) is 0.222. The standard InChI is InChI=1S/C27H26N4O5S/c1-36-22-7-4-16-29-25(22)27(33)13-17-31(18-14-27)26(32)20-9-11-21(12-10-20)30-37(34,35)23-8-2-5-19-6-3-15-28-24(19)23/h2-12,15-16,30,33H,13-14,17-18H2,1H3. The van der Waals surface area contributed by atoms with Crippen molar-refractivity contribution in [3.05, 3.63) is 90.4 Å². The Morgan fingerprint density at radius 3 is 2.38 bits per heavy atom. The molecule has 2 aromatic carbocycles. The van der Waals surface area contributed by atoms with Crippen molar-refractivity contribution in [1.29, 1.82) is 0 Å². The normalized spacial score (nSPS) is 15.4. The first-order valence-corrected chi connectivity index (χ1v) is 13.3. The highest BCUT2D eigenvalue weighted by Gasteiger charge is 2.38. The number of aliphatic hydroxyl groups is 1. The van der Waals surface area contributed by atoms with E-state index in [1.54, 1.807) is 78.0 Å². The average Bonchev–Trinajstić information content (AvgIpc) is 2.93. The van der Waals surface area contributed by atoms with E-state index >= 15 is 0 Å². The maximum atomic E-state index is 13.1. The number of para-hydroxylation sites is 1. The van der Waals surface area contributed by atoms with Gasteiger partial charge in [-0.2, -0.15) is 0 Å². The van der Waals surface area contributed by atoms with E-state index in [0.717, 1.165) is 5.39 Å². The van der Waals surface area contributed by atoms with E-state index < -0.39 is 15.6 Å². The second kappa shape index (κ2) is 9.79. The Balaban J connectivity index is 1.27. The SMILES string of the molecule is COc1cccnc1C1(O)CCN(C(=O)c2ccc(NS(=O)(=O)c3cccc4cccnc34)cc2)CC1. The van der Waals surface area contributed by atoms with Crippen molar-refractivity contribution in [2.75, 3.05) is 24.9 Å². The molecular formula is C27H26N4O5S. The molecule has 10 heteroatoms. The number of methoxy groups -OCH3 is 1.